The molecule has 1 aromatic carbocycles. The summed E-state index contributed by atoms with van der Waals surface area (Å²) >= 11 is 0. The van der Waals surface area contributed by atoms with E-state index >= 15 is 0 Å². The molecule has 2 heterocycles. The molecule has 0 aliphatic carbocycles. The lowest BCUT2D eigenvalue weighted by Gasteiger charge is -2.34. The second-order valence-corrected chi connectivity index (χ2v) is 6.22. The van der Waals surface area contributed by atoms with Gasteiger partial charge in [0.05, 0.1) is 7.11 Å². The molecule has 1 N–H and O–H groups in total. The van der Waals surface area contributed by atoms with Gasteiger partial charge in [0.25, 0.3) is 0 Å². The number of halogens is 1. The van der Waals surface area contributed by atoms with Crippen molar-refractivity contribution in [1.82, 2.24) is 10.2 Å². The van der Waals surface area contributed by atoms with Crippen molar-refractivity contribution in [3.8, 4) is 5.75 Å². The largest absolute Gasteiger partial charge is 0.496 e. The number of nitrogens with zero attached hydrogens (tertiary/aromatic N) is 1. The van der Waals surface area contributed by atoms with Crippen LogP contribution in [0, 0.1) is 11.8 Å². The Morgan fingerprint density at radius 2 is 2.09 bits per heavy atom. The van der Waals surface area contributed by atoms with Crippen LogP contribution in [-0.2, 0) is 4.79 Å². The zero-order valence-electron chi connectivity index (χ0n) is 13.2. The number of carbonyl (C=O) groups is 1. The molecule has 0 radical (unpaired) electrons. The Kier molecular flexibility index (Phi) is 5.70. The number of amides is 1. The molecular weight excluding hydrogens is 300 g/mol. The Bertz CT molecular complexity index is 519. The third-order valence-electron chi connectivity index (χ3n) is 4.99. The summed E-state index contributed by atoms with van der Waals surface area (Å²) in [5.74, 6) is 2.31. The van der Waals surface area contributed by atoms with Gasteiger partial charge in [0.2, 0.25) is 5.91 Å². The predicted molar refractivity (Wildman–Crippen MR) is 89.7 cm³/mol. The van der Waals surface area contributed by atoms with Crippen LogP contribution in [0.4, 0.5) is 0 Å². The Hall–Kier alpha value is -1.26. The molecule has 0 aromatic heterocycles. The Morgan fingerprint density at radius 1 is 1.36 bits per heavy atom. The quantitative estimate of drug-likeness (QED) is 0.924. The molecule has 2 aliphatic rings. The first-order chi connectivity index (χ1) is 10.2. The lowest BCUT2D eigenvalue weighted by atomic mass is 9.88. The number of para-hydroxylation sites is 1. The van der Waals surface area contributed by atoms with E-state index in [1.54, 1.807) is 7.11 Å². The van der Waals surface area contributed by atoms with Crippen LogP contribution in [0.2, 0.25) is 0 Å². The summed E-state index contributed by atoms with van der Waals surface area (Å²) in [4.78, 5) is 14.6. The molecule has 1 amide bonds. The minimum absolute atomic E-state index is 0. The fraction of sp³-hybridized carbons (Fsp3) is 0.588. The second kappa shape index (κ2) is 7.34. The van der Waals surface area contributed by atoms with E-state index in [1.165, 1.54) is 5.56 Å². The fourth-order valence-corrected chi connectivity index (χ4v) is 3.37. The number of methoxy groups -OCH3 is 1. The van der Waals surface area contributed by atoms with Crippen molar-refractivity contribution in [2.75, 3.05) is 33.3 Å². The van der Waals surface area contributed by atoms with Gasteiger partial charge < -0.3 is 15.0 Å². The topological polar surface area (TPSA) is 41.6 Å². The van der Waals surface area contributed by atoms with Crippen molar-refractivity contribution >= 4 is 18.3 Å². The molecular formula is C17H25ClN2O2. The minimum atomic E-state index is 0. The first-order valence-corrected chi connectivity index (χ1v) is 7.83. The molecule has 1 aromatic rings. The highest BCUT2D eigenvalue weighted by Gasteiger charge is 2.35. The molecule has 5 heteroatoms. The number of nitrogens with one attached hydrogen (secondary N) is 1. The normalized spacial score (nSPS) is 22.6. The molecule has 0 spiro atoms. The SMILES string of the molecule is COc1ccccc1C1CCN(C(=O)C(C)C2CNC2)C1.Cl. The third kappa shape index (κ3) is 3.23. The number of likely N-dealkylation sites (tertiary alicyclic amines) is 1. The maximum absolute atomic E-state index is 12.6. The fourth-order valence-electron chi connectivity index (χ4n) is 3.37. The third-order valence-corrected chi connectivity index (χ3v) is 4.99. The number of hydrogen-bond acceptors (Lipinski definition) is 3. The van der Waals surface area contributed by atoms with Crippen molar-refractivity contribution in [2.45, 2.75) is 19.3 Å². The van der Waals surface area contributed by atoms with Gasteiger partial charge in [-0.15, -0.1) is 12.4 Å². The van der Waals surface area contributed by atoms with Gasteiger partial charge in [-0.05, 0) is 37.1 Å². The van der Waals surface area contributed by atoms with Gasteiger partial charge in [0, 0.05) is 24.9 Å². The molecule has 4 nitrogen and oxygen atoms in total. The van der Waals surface area contributed by atoms with E-state index in [-0.39, 0.29) is 18.3 Å². The first kappa shape index (κ1) is 17.1. The summed E-state index contributed by atoms with van der Waals surface area (Å²) in [7, 11) is 1.71. The van der Waals surface area contributed by atoms with E-state index < -0.39 is 0 Å². The lowest BCUT2D eigenvalue weighted by Crippen LogP contribution is -2.50. The van der Waals surface area contributed by atoms with Crippen LogP contribution >= 0.6 is 12.4 Å². The molecule has 2 fully saturated rings. The smallest absolute Gasteiger partial charge is 0.225 e. The molecule has 2 atom stereocenters. The maximum Gasteiger partial charge on any atom is 0.225 e. The Morgan fingerprint density at radius 3 is 2.73 bits per heavy atom. The van der Waals surface area contributed by atoms with Crippen molar-refractivity contribution in [3.63, 3.8) is 0 Å². The molecule has 22 heavy (non-hydrogen) atoms. The van der Waals surface area contributed by atoms with Gasteiger partial charge in [0.1, 0.15) is 5.75 Å². The van der Waals surface area contributed by atoms with E-state index in [1.807, 2.05) is 23.1 Å². The van der Waals surface area contributed by atoms with E-state index in [9.17, 15) is 4.79 Å². The van der Waals surface area contributed by atoms with Crippen LogP contribution in [0.25, 0.3) is 0 Å². The summed E-state index contributed by atoms with van der Waals surface area (Å²) < 4.78 is 5.45. The maximum atomic E-state index is 12.6. The highest BCUT2D eigenvalue weighted by molar-refractivity contribution is 5.85. The summed E-state index contributed by atoms with van der Waals surface area (Å²) in [5.41, 5.74) is 1.23. The van der Waals surface area contributed by atoms with Crippen LogP contribution < -0.4 is 10.1 Å². The zero-order chi connectivity index (χ0) is 14.8. The average Bonchev–Trinajstić information content (AvgIpc) is 2.94. The lowest BCUT2D eigenvalue weighted by molar-refractivity contribution is -0.136. The molecule has 2 aliphatic heterocycles. The van der Waals surface area contributed by atoms with Crippen LogP contribution in [0.5, 0.6) is 5.75 Å². The standard InChI is InChI=1S/C17H24N2O2.ClH/c1-12(14-9-18-10-14)17(20)19-8-7-13(11-19)15-5-3-4-6-16(15)21-2;/h3-6,12-14,18H,7-11H2,1-2H3;1H. The summed E-state index contributed by atoms with van der Waals surface area (Å²) in [5, 5.41) is 3.25. The number of carbonyl (C=O) groups excluding carboxylic acids is 1. The van der Waals surface area contributed by atoms with Crippen molar-refractivity contribution in [3.05, 3.63) is 29.8 Å². The summed E-state index contributed by atoms with van der Waals surface area (Å²) in [6, 6.07) is 8.16. The minimum Gasteiger partial charge on any atom is -0.496 e. The van der Waals surface area contributed by atoms with Crippen molar-refractivity contribution < 1.29 is 9.53 Å². The number of rotatable bonds is 4. The van der Waals surface area contributed by atoms with Gasteiger partial charge in [-0.25, -0.2) is 0 Å². The van der Waals surface area contributed by atoms with E-state index in [2.05, 4.69) is 18.3 Å². The monoisotopic (exact) mass is 324 g/mol. The van der Waals surface area contributed by atoms with Crippen LogP contribution in [0.15, 0.2) is 24.3 Å². The van der Waals surface area contributed by atoms with Crippen molar-refractivity contribution in [2.24, 2.45) is 11.8 Å². The van der Waals surface area contributed by atoms with Crippen molar-refractivity contribution in [1.29, 1.82) is 0 Å². The van der Waals surface area contributed by atoms with Gasteiger partial charge in [-0.3, -0.25) is 4.79 Å². The molecule has 2 saturated heterocycles. The molecule has 0 bridgehead atoms. The summed E-state index contributed by atoms with van der Waals surface area (Å²) in [6.45, 7) is 5.73. The second-order valence-electron chi connectivity index (χ2n) is 6.22. The van der Waals surface area contributed by atoms with Crippen LogP contribution in [-0.4, -0.2) is 44.1 Å². The number of benzene rings is 1. The highest BCUT2D eigenvalue weighted by Crippen LogP contribution is 2.34. The highest BCUT2D eigenvalue weighted by atomic mass is 35.5. The van der Waals surface area contributed by atoms with Crippen LogP contribution in [0.1, 0.15) is 24.8 Å². The number of hydrogen-bond donors (Lipinski definition) is 1. The van der Waals surface area contributed by atoms with E-state index in [0.717, 1.165) is 38.3 Å². The summed E-state index contributed by atoms with van der Waals surface area (Å²) in [6.07, 6.45) is 1.03. The Labute approximate surface area is 138 Å². The van der Waals surface area contributed by atoms with Crippen LogP contribution in [0.3, 0.4) is 0 Å². The average molecular weight is 325 g/mol. The van der Waals surface area contributed by atoms with Gasteiger partial charge >= 0.3 is 0 Å². The Balaban J connectivity index is 0.00000176. The van der Waals surface area contributed by atoms with E-state index in [0.29, 0.717) is 17.7 Å². The first-order valence-electron chi connectivity index (χ1n) is 7.83. The number of ether oxygens (including phenoxy) is 1. The molecule has 0 saturated carbocycles. The van der Waals surface area contributed by atoms with E-state index in [4.69, 9.17) is 4.74 Å². The van der Waals surface area contributed by atoms with Gasteiger partial charge in [0.15, 0.2) is 0 Å². The molecule has 2 unspecified atom stereocenters. The van der Waals surface area contributed by atoms with Gasteiger partial charge in [-0.1, -0.05) is 25.1 Å². The molecule has 122 valence electrons. The van der Waals surface area contributed by atoms with Gasteiger partial charge in [-0.2, -0.15) is 0 Å². The predicted octanol–water partition coefficient (Wildman–Crippen LogP) is 2.29. The zero-order valence-corrected chi connectivity index (χ0v) is 14.1. The molecule has 3 rings (SSSR count).